The van der Waals surface area contributed by atoms with Crippen LogP contribution in [0.5, 0.6) is 0 Å². The molecule has 3 aromatic rings. The van der Waals surface area contributed by atoms with E-state index in [4.69, 9.17) is 14.7 Å². The Morgan fingerprint density at radius 2 is 2.00 bits per heavy atom. The minimum atomic E-state index is 0.228. The first kappa shape index (κ1) is 18.4. The van der Waals surface area contributed by atoms with Gasteiger partial charge in [-0.3, -0.25) is 4.79 Å². The van der Waals surface area contributed by atoms with E-state index < -0.39 is 0 Å². The fourth-order valence-electron chi connectivity index (χ4n) is 3.04. The lowest BCUT2D eigenvalue weighted by atomic mass is 10.2. The second-order valence-corrected chi connectivity index (χ2v) is 8.32. The molecule has 0 spiro atoms. The van der Waals surface area contributed by atoms with Crippen molar-refractivity contribution in [3.8, 4) is 10.7 Å². The maximum Gasteiger partial charge on any atom is 0.222 e. The number of hydrogen-bond acceptors (Lipinski definition) is 6. The van der Waals surface area contributed by atoms with E-state index >= 15 is 0 Å². The summed E-state index contributed by atoms with van der Waals surface area (Å²) in [5, 5.41) is 4.10. The lowest BCUT2D eigenvalue weighted by molar-refractivity contribution is -0.135. The molecule has 1 fully saturated rings. The van der Waals surface area contributed by atoms with Crippen molar-refractivity contribution in [2.75, 3.05) is 32.1 Å². The second kappa shape index (κ2) is 8.82. The van der Waals surface area contributed by atoms with Gasteiger partial charge in [0, 0.05) is 30.6 Å². The normalized spacial score (nSPS) is 14.6. The van der Waals surface area contributed by atoms with Crippen LogP contribution < -0.4 is 0 Å². The average molecular weight is 400 g/mol. The van der Waals surface area contributed by atoms with Gasteiger partial charge >= 0.3 is 0 Å². The van der Waals surface area contributed by atoms with Crippen molar-refractivity contribution in [2.45, 2.75) is 17.9 Å². The summed E-state index contributed by atoms with van der Waals surface area (Å²) in [6, 6.07) is 12.2. The zero-order chi connectivity index (χ0) is 18.5. The molecule has 7 heteroatoms. The van der Waals surface area contributed by atoms with E-state index in [0.29, 0.717) is 32.7 Å². The topological polar surface area (TPSA) is 55.3 Å². The van der Waals surface area contributed by atoms with Crippen LogP contribution in [0.3, 0.4) is 0 Å². The van der Waals surface area contributed by atoms with Gasteiger partial charge < -0.3 is 9.64 Å². The van der Waals surface area contributed by atoms with Crippen LogP contribution in [0, 0.1) is 0 Å². The van der Waals surface area contributed by atoms with Crippen molar-refractivity contribution in [2.24, 2.45) is 0 Å². The van der Waals surface area contributed by atoms with Crippen molar-refractivity contribution < 1.29 is 9.53 Å². The van der Waals surface area contributed by atoms with Crippen molar-refractivity contribution in [1.82, 2.24) is 14.9 Å². The van der Waals surface area contributed by atoms with Crippen LogP contribution in [0.2, 0.25) is 0 Å². The van der Waals surface area contributed by atoms with Gasteiger partial charge in [0.2, 0.25) is 5.91 Å². The third-order valence-electron chi connectivity index (χ3n) is 4.45. The summed E-state index contributed by atoms with van der Waals surface area (Å²) in [5.74, 6) is 1.86. The van der Waals surface area contributed by atoms with Crippen molar-refractivity contribution in [3.63, 3.8) is 0 Å². The predicted molar refractivity (Wildman–Crippen MR) is 110 cm³/mol. The van der Waals surface area contributed by atoms with Crippen LogP contribution in [0.4, 0.5) is 0 Å². The number of carbonyl (C=O) groups is 1. The lowest BCUT2D eigenvalue weighted by Crippen LogP contribution is -2.40. The number of morpholine rings is 1. The van der Waals surface area contributed by atoms with Crippen LogP contribution in [-0.2, 0) is 9.53 Å². The number of amides is 1. The van der Waals surface area contributed by atoms with Gasteiger partial charge in [0.15, 0.2) is 5.82 Å². The number of benzene rings is 1. The summed E-state index contributed by atoms with van der Waals surface area (Å²) in [5.41, 5.74) is 0.961. The van der Waals surface area contributed by atoms with Crippen molar-refractivity contribution in [3.05, 3.63) is 41.8 Å². The molecular weight excluding hydrogens is 378 g/mol. The summed E-state index contributed by atoms with van der Waals surface area (Å²) >= 11 is 3.35. The number of aromatic nitrogens is 2. The molecule has 5 nitrogen and oxygen atoms in total. The molecule has 1 aliphatic heterocycles. The molecule has 3 heterocycles. The highest BCUT2D eigenvalue weighted by atomic mass is 32.2. The first-order valence-corrected chi connectivity index (χ1v) is 11.0. The average Bonchev–Trinajstić information content (AvgIpc) is 3.26. The van der Waals surface area contributed by atoms with Gasteiger partial charge in [-0.2, -0.15) is 0 Å². The minimum Gasteiger partial charge on any atom is -0.378 e. The Hall–Kier alpha value is -1.96. The maximum atomic E-state index is 12.3. The molecule has 1 saturated heterocycles. The van der Waals surface area contributed by atoms with Gasteiger partial charge in [0.05, 0.1) is 23.6 Å². The molecule has 1 aliphatic rings. The summed E-state index contributed by atoms with van der Waals surface area (Å²) in [4.78, 5) is 24.8. The van der Waals surface area contributed by atoms with Gasteiger partial charge in [-0.15, -0.1) is 23.1 Å². The molecule has 0 unspecified atom stereocenters. The molecule has 27 heavy (non-hydrogen) atoms. The number of rotatable bonds is 6. The zero-order valence-electron chi connectivity index (χ0n) is 15.0. The molecule has 0 saturated carbocycles. The third kappa shape index (κ3) is 4.48. The highest BCUT2D eigenvalue weighted by Crippen LogP contribution is 2.30. The quantitative estimate of drug-likeness (QED) is 0.355. The SMILES string of the molecule is O=C(CCCSc1nc(-c2cccs2)nc2ccccc12)N1CCOCC1. The van der Waals surface area contributed by atoms with E-state index in [2.05, 4.69) is 6.07 Å². The Labute approximate surface area is 166 Å². The molecule has 140 valence electrons. The molecule has 0 atom stereocenters. The van der Waals surface area contributed by atoms with Crippen molar-refractivity contribution in [1.29, 1.82) is 0 Å². The Bertz CT molecular complexity index is 909. The predicted octanol–water partition coefficient (Wildman–Crippen LogP) is 4.09. The van der Waals surface area contributed by atoms with E-state index in [1.807, 2.05) is 40.6 Å². The monoisotopic (exact) mass is 399 g/mol. The van der Waals surface area contributed by atoms with E-state index in [-0.39, 0.29) is 5.91 Å². The number of fused-ring (bicyclic) bond motifs is 1. The Morgan fingerprint density at radius 3 is 2.81 bits per heavy atom. The number of thiophene rings is 1. The second-order valence-electron chi connectivity index (χ2n) is 6.29. The van der Waals surface area contributed by atoms with E-state index in [1.54, 1.807) is 23.1 Å². The van der Waals surface area contributed by atoms with Gasteiger partial charge in [-0.05, 0) is 23.9 Å². The van der Waals surface area contributed by atoms with Gasteiger partial charge in [0.1, 0.15) is 5.03 Å². The minimum absolute atomic E-state index is 0.228. The van der Waals surface area contributed by atoms with Crippen LogP contribution in [0.15, 0.2) is 46.8 Å². The largest absolute Gasteiger partial charge is 0.378 e. The summed E-state index contributed by atoms with van der Waals surface area (Å²) in [6.07, 6.45) is 1.42. The molecule has 4 rings (SSSR count). The number of carbonyl (C=O) groups excluding carboxylic acids is 1. The standard InChI is InChI=1S/C20H21N3O2S2/c24-18(23-9-11-25-12-10-23)8-4-14-27-20-15-5-1-2-6-16(15)21-19(22-20)17-7-3-13-26-17/h1-3,5-7,13H,4,8-12,14H2. The molecule has 0 radical (unpaired) electrons. The summed E-state index contributed by atoms with van der Waals surface area (Å²) < 4.78 is 5.30. The van der Waals surface area contributed by atoms with Gasteiger partial charge in [-0.25, -0.2) is 9.97 Å². The van der Waals surface area contributed by atoms with Crippen LogP contribution in [0.1, 0.15) is 12.8 Å². The number of thioether (sulfide) groups is 1. The number of para-hydroxylation sites is 1. The van der Waals surface area contributed by atoms with Crippen molar-refractivity contribution >= 4 is 39.9 Å². The first-order chi connectivity index (χ1) is 13.3. The number of ether oxygens (including phenoxy) is 1. The smallest absolute Gasteiger partial charge is 0.222 e. The van der Waals surface area contributed by atoms with Crippen LogP contribution in [0.25, 0.3) is 21.6 Å². The zero-order valence-corrected chi connectivity index (χ0v) is 16.6. The van der Waals surface area contributed by atoms with E-state index in [0.717, 1.165) is 38.8 Å². The number of hydrogen-bond donors (Lipinski definition) is 0. The summed E-state index contributed by atoms with van der Waals surface area (Å²) in [7, 11) is 0. The maximum absolute atomic E-state index is 12.3. The molecule has 0 N–H and O–H groups in total. The fourth-order valence-corrected chi connectivity index (χ4v) is 4.66. The third-order valence-corrected chi connectivity index (χ3v) is 6.39. The Kier molecular flexibility index (Phi) is 6.01. The van der Waals surface area contributed by atoms with Crippen LogP contribution in [-0.4, -0.2) is 52.8 Å². The van der Waals surface area contributed by atoms with E-state index in [1.165, 1.54) is 0 Å². The molecule has 1 aromatic carbocycles. The molecule has 2 aromatic heterocycles. The highest BCUT2D eigenvalue weighted by Gasteiger charge is 2.16. The molecular formula is C20H21N3O2S2. The van der Waals surface area contributed by atoms with Gasteiger partial charge in [0.25, 0.3) is 0 Å². The number of nitrogens with zero attached hydrogens (tertiary/aromatic N) is 3. The van der Waals surface area contributed by atoms with Gasteiger partial charge in [-0.1, -0.05) is 24.3 Å². The lowest BCUT2D eigenvalue weighted by Gasteiger charge is -2.26. The fraction of sp³-hybridized carbons (Fsp3) is 0.350. The highest BCUT2D eigenvalue weighted by molar-refractivity contribution is 7.99. The first-order valence-electron chi connectivity index (χ1n) is 9.10. The molecule has 0 bridgehead atoms. The Balaban J connectivity index is 1.42. The molecule has 1 amide bonds. The Morgan fingerprint density at radius 1 is 1.15 bits per heavy atom. The molecule has 0 aliphatic carbocycles. The van der Waals surface area contributed by atoms with E-state index in [9.17, 15) is 4.79 Å². The summed E-state index contributed by atoms with van der Waals surface area (Å²) in [6.45, 7) is 2.73. The van der Waals surface area contributed by atoms with Crippen LogP contribution >= 0.6 is 23.1 Å².